The molecule has 5 aliphatic heterocycles. The summed E-state index contributed by atoms with van der Waals surface area (Å²) in [4.78, 5) is 34.1. The standard InChI is InChI=1S/C41H47F3N6O6/c1-6-26-28(43)10-8-22-14-25(55-21-52-5)15-27(31(22)26)34-33(44)35-32-36(47-38(46-35)54-20-41-12-7-13-48(41)17-23(42)16-41)49-18-24-9-11-29(30(49)19-53-37(32)45-34)50(24)39(51)56-40(2,3)4/h8,10,14-15,23-24,29-30H,6-7,9,11-13,16-21H2,1-5H3. The number of aryl methyl sites for hydroxylation is 1. The van der Waals surface area contributed by atoms with Crippen molar-refractivity contribution in [2.75, 3.05) is 51.7 Å². The Morgan fingerprint density at radius 2 is 1.89 bits per heavy atom. The molecule has 12 nitrogen and oxygen atoms in total. The number of fused-ring (bicyclic) bond motifs is 7. The molecule has 2 aromatic heterocycles. The Morgan fingerprint density at radius 1 is 1.05 bits per heavy atom. The van der Waals surface area contributed by atoms with Gasteiger partial charge >= 0.3 is 12.1 Å². The molecule has 2 bridgehead atoms. The number of carbonyl (C=O) groups is 1. The van der Waals surface area contributed by atoms with E-state index in [4.69, 9.17) is 38.6 Å². The Hall–Kier alpha value is -4.63. The van der Waals surface area contributed by atoms with Gasteiger partial charge in [0, 0.05) is 32.2 Å². The van der Waals surface area contributed by atoms with Crippen LogP contribution in [0.3, 0.4) is 0 Å². The molecule has 0 radical (unpaired) electrons. The summed E-state index contributed by atoms with van der Waals surface area (Å²) in [6.45, 7) is 9.09. The average Bonchev–Trinajstić information content (AvgIpc) is 3.76. The minimum atomic E-state index is -0.958. The molecule has 15 heteroatoms. The molecule has 5 aliphatic rings. The third-order valence-electron chi connectivity index (χ3n) is 12.1. The van der Waals surface area contributed by atoms with Crippen LogP contribution in [-0.2, 0) is 15.9 Å². The highest BCUT2D eigenvalue weighted by Crippen LogP contribution is 2.47. The van der Waals surface area contributed by atoms with Crippen molar-refractivity contribution >= 4 is 33.6 Å². The van der Waals surface area contributed by atoms with Gasteiger partial charge in [0.25, 0.3) is 0 Å². The number of alkyl halides is 1. The highest BCUT2D eigenvalue weighted by atomic mass is 19.1. The Balaban J connectivity index is 1.21. The summed E-state index contributed by atoms with van der Waals surface area (Å²) in [5.74, 6) is -0.320. The van der Waals surface area contributed by atoms with E-state index < -0.39 is 28.9 Å². The monoisotopic (exact) mass is 776 g/mol. The van der Waals surface area contributed by atoms with Crippen molar-refractivity contribution in [2.45, 2.75) is 102 Å². The van der Waals surface area contributed by atoms with Gasteiger partial charge in [0.05, 0.1) is 23.7 Å². The number of halogens is 3. The predicted molar refractivity (Wildman–Crippen MR) is 202 cm³/mol. The number of anilines is 1. The van der Waals surface area contributed by atoms with Crippen molar-refractivity contribution in [3.05, 3.63) is 41.5 Å². The van der Waals surface area contributed by atoms with Crippen molar-refractivity contribution in [2.24, 2.45) is 0 Å². The number of rotatable bonds is 8. The first-order chi connectivity index (χ1) is 26.9. The largest absolute Gasteiger partial charge is 0.475 e. The first-order valence-electron chi connectivity index (χ1n) is 19.6. The maximum absolute atomic E-state index is 17.6. The maximum atomic E-state index is 17.6. The first-order valence-corrected chi connectivity index (χ1v) is 19.6. The molecule has 0 aliphatic carbocycles. The number of carbonyl (C=O) groups excluding carboxylic acids is 1. The summed E-state index contributed by atoms with van der Waals surface area (Å²) in [5.41, 5.74) is -0.665. The van der Waals surface area contributed by atoms with Gasteiger partial charge in [-0.15, -0.1) is 0 Å². The van der Waals surface area contributed by atoms with E-state index in [9.17, 15) is 9.18 Å². The van der Waals surface area contributed by atoms with Gasteiger partial charge in [-0.2, -0.15) is 9.97 Å². The van der Waals surface area contributed by atoms with E-state index >= 15 is 8.78 Å². The molecule has 0 saturated carbocycles. The highest BCUT2D eigenvalue weighted by Gasteiger charge is 2.52. The maximum Gasteiger partial charge on any atom is 0.410 e. The molecule has 9 rings (SSSR count). The van der Waals surface area contributed by atoms with Crippen molar-refractivity contribution < 1.29 is 41.7 Å². The molecule has 1 amide bonds. The number of pyridine rings is 1. The van der Waals surface area contributed by atoms with E-state index in [-0.39, 0.29) is 72.7 Å². The number of nitrogens with zero attached hydrogens (tertiary/aromatic N) is 6. The lowest BCUT2D eigenvalue weighted by Crippen LogP contribution is -2.63. The highest BCUT2D eigenvalue weighted by molar-refractivity contribution is 6.03. The van der Waals surface area contributed by atoms with Crippen molar-refractivity contribution in [3.63, 3.8) is 0 Å². The van der Waals surface area contributed by atoms with Gasteiger partial charge in [-0.25, -0.2) is 22.9 Å². The molecule has 7 heterocycles. The molecular formula is C41H47F3N6O6. The fourth-order valence-corrected chi connectivity index (χ4v) is 9.78. The van der Waals surface area contributed by atoms with E-state index in [1.54, 1.807) is 18.2 Å². The third kappa shape index (κ3) is 6.12. The molecule has 4 saturated heterocycles. The van der Waals surface area contributed by atoms with Crippen LogP contribution in [0.5, 0.6) is 17.6 Å². The summed E-state index contributed by atoms with van der Waals surface area (Å²) in [5, 5.41) is 1.39. The van der Waals surface area contributed by atoms with E-state index in [1.165, 1.54) is 13.2 Å². The number of hydrogen-bond acceptors (Lipinski definition) is 11. The van der Waals surface area contributed by atoms with Gasteiger partial charge in [-0.3, -0.25) is 9.80 Å². The quantitative estimate of drug-likeness (QED) is 0.173. The minimum Gasteiger partial charge on any atom is -0.475 e. The number of amides is 1. The zero-order valence-corrected chi connectivity index (χ0v) is 32.4. The van der Waals surface area contributed by atoms with Crippen LogP contribution in [0.2, 0.25) is 0 Å². The third-order valence-corrected chi connectivity index (χ3v) is 12.1. The zero-order chi connectivity index (χ0) is 39.1. The number of benzene rings is 2. The van der Waals surface area contributed by atoms with E-state index in [0.717, 1.165) is 25.8 Å². The molecule has 0 spiro atoms. The molecule has 4 fully saturated rings. The normalized spacial score (nSPS) is 25.6. The zero-order valence-electron chi connectivity index (χ0n) is 32.4. The van der Waals surface area contributed by atoms with Crippen molar-refractivity contribution in [1.29, 1.82) is 0 Å². The number of aromatic nitrogens is 3. The molecule has 5 unspecified atom stereocenters. The number of hydrogen-bond donors (Lipinski definition) is 0. The molecule has 298 valence electrons. The van der Waals surface area contributed by atoms with Gasteiger partial charge < -0.3 is 28.6 Å². The van der Waals surface area contributed by atoms with Gasteiger partial charge in [0.2, 0.25) is 5.88 Å². The fraction of sp³-hybridized carbons (Fsp3) is 0.561. The summed E-state index contributed by atoms with van der Waals surface area (Å²) in [7, 11) is 1.50. The van der Waals surface area contributed by atoms with Crippen molar-refractivity contribution in [1.82, 2.24) is 24.8 Å². The summed E-state index contributed by atoms with van der Waals surface area (Å²) < 4.78 is 77.5. The van der Waals surface area contributed by atoms with Gasteiger partial charge in [0.1, 0.15) is 59.0 Å². The molecular weight excluding hydrogens is 729 g/mol. The number of piperazine rings is 1. The minimum absolute atomic E-state index is 0.0528. The van der Waals surface area contributed by atoms with Crippen LogP contribution < -0.4 is 19.1 Å². The molecule has 56 heavy (non-hydrogen) atoms. The van der Waals surface area contributed by atoms with Gasteiger partial charge in [0.15, 0.2) is 12.6 Å². The van der Waals surface area contributed by atoms with E-state index in [0.29, 0.717) is 65.8 Å². The smallest absolute Gasteiger partial charge is 0.410 e. The van der Waals surface area contributed by atoms with Crippen LogP contribution in [0.4, 0.5) is 23.8 Å². The second kappa shape index (κ2) is 13.8. The lowest BCUT2D eigenvalue weighted by Gasteiger charge is -2.46. The van der Waals surface area contributed by atoms with Crippen LogP contribution >= 0.6 is 0 Å². The lowest BCUT2D eigenvalue weighted by molar-refractivity contribution is 0.00537. The van der Waals surface area contributed by atoms with E-state index in [1.807, 2.05) is 32.6 Å². The van der Waals surface area contributed by atoms with E-state index in [2.05, 4.69) is 9.80 Å². The van der Waals surface area contributed by atoms with Crippen LogP contribution in [0.15, 0.2) is 24.3 Å². The van der Waals surface area contributed by atoms with Crippen LogP contribution in [0, 0.1) is 11.6 Å². The van der Waals surface area contributed by atoms with Crippen molar-refractivity contribution in [3.8, 4) is 28.9 Å². The summed E-state index contributed by atoms with van der Waals surface area (Å²) in [6, 6.07) is 5.50. The number of methoxy groups -OCH3 is 1. The second-order valence-corrected chi connectivity index (χ2v) is 16.7. The van der Waals surface area contributed by atoms with Crippen LogP contribution in [-0.4, -0.2) is 113 Å². The Kier molecular flexibility index (Phi) is 9.10. The van der Waals surface area contributed by atoms with Crippen LogP contribution in [0.25, 0.3) is 32.9 Å². The van der Waals surface area contributed by atoms with Gasteiger partial charge in [-0.05, 0) is 94.0 Å². The summed E-state index contributed by atoms with van der Waals surface area (Å²) >= 11 is 0. The molecule has 0 N–H and O–H groups in total. The topological polar surface area (TPSA) is 112 Å². The molecule has 4 aromatic rings. The molecule has 2 aromatic carbocycles. The predicted octanol–water partition coefficient (Wildman–Crippen LogP) is 6.97. The SMILES string of the molecule is CCc1c(F)ccc2cc(OCOC)cc(-c3nc4c5c(nc(OCC67CCCN6CC(F)C7)nc5c3F)N3CC5CCC(C3CO4)N5C(=O)OC(C)(C)C)c12. The second-order valence-electron chi connectivity index (χ2n) is 16.7. The number of ether oxygens (including phenoxy) is 5. The first kappa shape index (κ1) is 37.0. The Bertz CT molecular complexity index is 2220. The average molecular weight is 777 g/mol. The molecule has 5 atom stereocenters. The lowest BCUT2D eigenvalue weighted by atomic mass is 9.94. The van der Waals surface area contributed by atoms with Crippen LogP contribution in [0.1, 0.15) is 65.4 Å². The van der Waals surface area contributed by atoms with Gasteiger partial charge in [-0.1, -0.05) is 13.0 Å². The Labute approximate surface area is 323 Å². The summed E-state index contributed by atoms with van der Waals surface area (Å²) in [6.07, 6.45) is 2.50. The Morgan fingerprint density at radius 3 is 2.68 bits per heavy atom. The fourth-order valence-electron chi connectivity index (χ4n) is 9.78.